The molecule has 0 radical (unpaired) electrons. The molecule has 2 N–H and O–H groups in total. The summed E-state index contributed by atoms with van der Waals surface area (Å²) in [6, 6.07) is 12.1. The first-order valence-electron chi connectivity index (χ1n) is 7.90. The van der Waals surface area contributed by atoms with Gasteiger partial charge in [0.25, 0.3) is 5.91 Å². The van der Waals surface area contributed by atoms with Crippen molar-refractivity contribution in [1.29, 1.82) is 5.26 Å². The summed E-state index contributed by atoms with van der Waals surface area (Å²) in [5.41, 5.74) is 1.08. The number of hydrogen-bond donors (Lipinski definition) is 2. The number of nitrogens with one attached hydrogen (secondary N) is 2. The summed E-state index contributed by atoms with van der Waals surface area (Å²) in [6.07, 6.45) is 0.887. The van der Waals surface area contributed by atoms with Gasteiger partial charge in [-0.25, -0.2) is 4.39 Å². The SMILES string of the molecule is CC1CC1C(=O)Nc1cccc(C(=O)Nc2ccc(F)c(C#N)c2)c1. The molecule has 2 aromatic carbocycles. The minimum Gasteiger partial charge on any atom is -0.326 e. The number of amides is 2. The number of nitrogens with zero attached hydrogens (tertiary/aromatic N) is 1. The Morgan fingerprint density at radius 2 is 1.88 bits per heavy atom. The van der Waals surface area contributed by atoms with Crippen LogP contribution in [0.5, 0.6) is 0 Å². The maximum absolute atomic E-state index is 13.3. The van der Waals surface area contributed by atoms with Crippen LogP contribution in [0.1, 0.15) is 29.3 Å². The van der Waals surface area contributed by atoms with Crippen LogP contribution < -0.4 is 10.6 Å². The molecular weight excluding hydrogens is 321 g/mol. The number of nitriles is 1. The number of benzene rings is 2. The Bertz CT molecular complexity index is 888. The Labute approximate surface area is 144 Å². The molecule has 1 aliphatic carbocycles. The summed E-state index contributed by atoms with van der Waals surface area (Å²) in [5.74, 6) is -0.645. The van der Waals surface area contributed by atoms with Gasteiger partial charge in [0.05, 0.1) is 5.56 Å². The van der Waals surface area contributed by atoms with Crippen molar-refractivity contribution >= 4 is 23.2 Å². The third kappa shape index (κ3) is 3.83. The van der Waals surface area contributed by atoms with E-state index in [-0.39, 0.29) is 17.4 Å². The number of carbonyl (C=O) groups is 2. The standard InChI is InChI=1S/C19H16FN3O2/c1-11-7-16(11)19(25)23-14-4-2-3-12(8-14)18(24)22-15-5-6-17(20)13(9-15)10-21/h2-6,8-9,11,16H,7H2,1H3,(H,22,24)(H,23,25). The molecule has 5 nitrogen and oxygen atoms in total. The van der Waals surface area contributed by atoms with E-state index >= 15 is 0 Å². The Kier molecular flexibility index (Phi) is 4.48. The smallest absolute Gasteiger partial charge is 0.255 e. The van der Waals surface area contributed by atoms with Gasteiger partial charge in [-0.2, -0.15) is 5.26 Å². The Balaban J connectivity index is 1.71. The summed E-state index contributed by atoms with van der Waals surface area (Å²) >= 11 is 0. The van der Waals surface area contributed by atoms with Gasteiger partial charge in [-0.15, -0.1) is 0 Å². The topological polar surface area (TPSA) is 82.0 Å². The molecule has 1 aliphatic rings. The van der Waals surface area contributed by atoms with Gasteiger partial charge in [0.15, 0.2) is 0 Å². The highest BCUT2D eigenvalue weighted by Crippen LogP contribution is 2.38. The molecule has 0 aliphatic heterocycles. The van der Waals surface area contributed by atoms with Gasteiger partial charge in [-0.1, -0.05) is 13.0 Å². The predicted molar refractivity (Wildman–Crippen MR) is 91.4 cm³/mol. The van der Waals surface area contributed by atoms with Crippen LogP contribution in [0.3, 0.4) is 0 Å². The summed E-state index contributed by atoms with van der Waals surface area (Å²) in [5, 5.41) is 14.3. The van der Waals surface area contributed by atoms with Gasteiger partial charge >= 0.3 is 0 Å². The van der Waals surface area contributed by atoms with Gasteiger partial charge in [-0.3, -0.25) is 9.59 Å². The van der Waals surface area contributed by atoms with Crippen molar-refractivity contribution in [2.24, 2.45) is 11.8 Å². The highest BCUT2D eigenvalue weighted by atomic mass is 19.1. The molecule has 0 bridgehead atoms. The van der Waals surface area contributed by atoms with Crippen molar-refractivity contribution in [3.8, 4) is 6.07 Å². The van der Waals surface area contributed by atoms with Gasteiger partial charge in [0, 0.05) is 22.9 Å². The molecule has 25 heavy (non-hydrogen) atoms. The largest absolute Gasteiger partial charge is 0.326 e. The van der Waals surface area contributed by atoms with E-state index in [9.17, 15) is 14.0 Å². The van der Waals surface area contributed by atoms with Crippen molar-refractivity contribution in [3.05, 3.63) is 59.4 Å². The zero-order valence-electron chi connectivity index (χ0n) is 13.5. The van der Waals surface area contributed by atoms with E-state index in [1.165, 1.54) is 12.1 Å². The minimum absolute atomic E-state index is 0.0396. The fourth-order valence-electron chi connectivity index (χ4n) is 2.55. The highest BCUT2D eigenvalue weighted by molar-refractivity contribution is 6.05. The monoisotopic (exact) mass is 337 g/mol. The fraction of sp³-hybridized carbons (Fsp3) is 0.211. The zero-order valence-corrected chi connectivity index (χ0v) is 13.5. The van der Waals surface area contributed by atoms with Gasteiger partial charge in [0.2, 0.25) is 5.91 Å². The van der Waals surface area contributed by atoms with E-state index in [0.29, 0.717) is 22.9 Å². The second-order valence-electron chi connectivity index (χ2n) is 6.15. The molecule has 6 heteroatoms. The molecule has 126 valence electrons. The summed E-state index contributed by atoms with van der Waals surface area (Å²) in [4.78, 5) is 24.3. The Morgan fingerprint density at radius 3 is 2.56 bits per heavy atom. The Hall–Kier alpha value is -3.20. The average Bonchev–Trinajstić information content (AvgIpc) is 3.34. The molecule has 2 unspecified atom stereocenters. The van der Waals surface area contributed by atoms with Crippen molar-refractivity contribution in [3.63, 3.8) is 0 Å². The van der Waals surface area contributed by atoms with E-state index in [0.717, 1.165) is 12.5 Å². The summed E-state index contributed by atoms with van der Waals surface area (Å²) in [6.45, 7) is 2.02. The molecular formula is C19H16FN3O2. The molecule has 0 aromatic heterocycles. The second-order valence-corrected chi connectivity index (χ2v) is 6.15. The molecule has 3 rings (SSSR count). The van der Waals surface area contributed by atoms with Crippen molar-refractivity contribution in [2.75, 3.05) is 10.6 Å². The summed E-state index contributed by atoms with van der Waals surface area (Å²) < 4.78 is 13.3. The molecule has 1 saturated carbocycles. The first kappa shape index (κ1) is 16.7. The number of anilines is 2. The number of rotatable bonds is 4. The van der Waals surface area contributed by atoms with Crippen LogP contribution >= 0.6 is 0 Å². The molecule has 2 amide bonds. The van der Waals surface area contributed by atoms with E-state index < -0.39 is 11.7 Å². The van der Waals surface area contributed by atoms with E-state index in [1.807, 2.05) is 6.92 Å². The maximum Gasteiger partial charge on any atom is 0.255 e. The van der Waals surface area contributed by atoms with Crippen LogP contribution in [0.25, 0.3) is 0 Å². The Morgan fingerprint density at radius 1 is 1.16 bits per heavy atom. The van der Waals surface area contributed by atoms with Crippen LogP contribution in [0.4, 0.5) is 15.8 Å². The molecule has 2 aromatic rings. The lowest BCUT2D eigenvalue weighted by atomic mass is 10.1. The van der Waals surface area contributed by atoms with Gasteiger partial charge < -0.3 is 10.6 Å². The van der Waals surface area contributed by atoms with Crippen LogP contribution in [0, 0.1) is 29.0 Å². The van der Waals surface area contributed by atoms with Crippen LogP contribution in [-0.2, 0) is 4.79 Å². The molecule has 0 saturated heterocycles. The third-order valence-corrected chi connectivity index (χ3v) is 4.18. The average molecular weight is 337 g/mol. The zero-order chi connectivity index (χ0) is 18.0. The summed E-state index contributed by atoms with van der Waals surface area (Å²) in [7, 11) is 0. The van der Waals surface area contributed by atoms with E-state index in [1.54, 1.807) is 30.3 Å². The number of halogens is 1. The van der Waals surface area contributed by atoms with E-state index in [4.69, 9.17) is 5.26 Å². The predicted octanol–water partition coefficient (Wildman–Crippen LogP) is 3.54. The van der Waals surface area contributed by atoms with E-state index in [2.05, 4.69) is 10.6 Å². The lowest BCUT2D eigenvalue weighted by Gasteiger charge is -2.09. The minimum atomic E-state index is -0.639. The van der Waals surface area contributed by atoms with Crippen molar-refractivity contribution in [2.45, 2.75) is 13.3 Å². The van der Waals surface area contributed by atoms with Crippen molar-refractivity contribution in [1.82, 2.24) is 0 Å². The highest BCUT2D eigenvalue weighted by Gasteiger charge is 2.39. The first-order valence-corrected chi connectivity index (χ1v) is 7.90. The molecule has 0 heterocycles. The van der Waals surface area contributed by atoms with Crippen LogP contribution in [0.2, 0.25) is 0 Å². The van der Waals surface area contributed by atoms with Gasteiger partial charge in [0.1, 0.15) is 11.9 Å². The fourth-order valence-corrected chi connectivity index (χ4v) is 2.55. The molecule has 0 spiro atoms. The lowest BCUT2D eigenvalue weighted by Crippen LogP contribution is -2.16. The lowest BCUT2D eigenvalue weighted by molar-refractivity contribution is -0.117. The first-order chi connectivity index (χ1) is 12.0. The maximum atomic E-state index is 13.3. The second kappa shape index (κ2) is 6.73. The number of carbonyl (C=O) groups excluding carboxylic acids is 2. The van der Waals surface area contributed by atoms with Crippen LogP contribution in [-0.4, -0.2) is 11.8 Å². The quantitative estimate of drug-likeness (QED) is 0.895. The van der Waals surface area contributed by atoms with Gasteiger partial charge in [-0.05, 0) is 48.7 Å². The van der Waals surface area contributed by atoms with Crippen LogP contribution in [0.15, 0.2) is 42.5 Å². The van der Waals surface area contributed by atoms with Crippen molar-refractivity contribution < 1.29 is 14.0 Å². The number of hydrogen-bond acceptors (Lipinski definition) is 3. The third-order valence-electron chi connectivity index (χ3n) is 4.18. The normalized spacial score (nSPS) is 18.1. The molecule has 2 atom stereocenters. The molecule has 1 fully saturated rings.